The molecular weight excluding hydrogens is 410 g/mol. The van der Waals surface area contributed by atoms with E-state index in [-0.39, 0.29) is 82.5 Å². The van der Waals surface area contributed by atoms with Crippen molar-refractivity contribution in [2.75, 3.05) is 28.3 Å². The van der Waals surface area contributed by atoms with Crippen LogP contribution < -0.4 is 29.6 Å². The van der Waals surface area contributed by atoms with Gasteiger partial charge < -0.3 is 16.0 Å². The summed E-state index contributed by atoms with van der Waals surface area (Å²) in [4.78, 5) is 39.0. The summed E-state index contributed by atoms with van der Waals surface area (Å²) < 4.78 is 9.41. The van der Waals surface area contributed by atoms with Crippen LogP contribution in [-0.4, -0.2) is 99.6 Å². The van der Waals surface area contributed by atoms with Crippen LogP contribution in [0.15, 0.2) is 0 Å². The van der Waals surface area contributed by atoms with Crippen molar-refractivity contribution in [2.45, 2.75) is 76.2 Å². The number of aliphatic hydroxyl groups is 1. The minimum absolute atomic E-state index is 0. The Morgan fingerprint density at radius 3 is 2.06 bits per heavy atom. The van der Waals surface area contributed by atoms with E-state index in [0.717, 1.165) is 25.7 Å². The predicted molar refractivity (Wildman–Crippen MR) is 114 cm³/mol. The number of nitrogens with zero attached hydrogens (tertiary/aromatic N) is 2. The Morgan fingerprint density at radius 1 is 0.968 bits per heavy atom. The van der Waals surface area contributed by atoms with E-state index < -0.39 is 12.0 Å². The number of hydrogen-bond donors (Lipinski definition) is 1. The first-order valence-electron chi connectivity index (χ1n) is 10.1. The summed E-state index contributed by atoms with van der Waals surface area (Å²) in [6.07, 6.45) is 4.74. The number of methoxy groups -OCH3 is 2. The minimum Gasteiger partial charge on any atom is -1.00 e. The normalized spacial score (nSPS) is 36.0. The average molecular weight is 447 g/mol. The van der Waals surface area contributed by atoms with Crippen LogP contribution in [0, 0.1) is 11.8 Å². The first-order chi connectivity index (χ1) is 13.3. The third-order valence-electron chi connectivity index (χ3n) is 7.23. The van der Waals surface area contributed by atoms with Crippen LogP contribution in [-0.2, 0) is 23.9 Å². The summed E-state index contributed by atoms with van der Waals surface area (Å²) in [5.74, 6) is -1.46. The molecule has 10 heteroatoms. The largest absolute Gasteiger partial charge is 1.00 e. The van der Waals surface area contributed by atoms with Crippen molar-refractivity contribution in [1.29, 1.82) is 0 Å². The molecule has 8 nitrogen and oxygen atoms in total. The van der Waals surface area contributed by atoms with Crippen LogP contribution in [0.4, 0.5) is 0 Å². The third-order valence-corrected chi connectivity index (χ3v) is 7.23. The van der Waals surface area contributed by atoms with Crippen LogP contribution >= 0.6 is 0 Å². The topological polar surface area (TPSA) is 96.4 Å². The van der Waals surface area contributed by atoms with Gasteiger partial charge in [-0.25, -0.2) is 0 Å². The van der Waals surface area contributed by atoms with Gasteiger partial charge in [0.2, 0.25) is 0 Å². The van der Waals surface area contributed by atoms with E-state index in [1.165, 1.54) is 14.2 Å². The molecule has 4 heterocycles. The van der Waals surface area contributed by atoms with Crippen LogP contribution in [0.5, 0.6) is 0 Å². The molecule has 4 rings (SSSR count). The summed E-state index contributed by atoms with van der Waals surface area (Å²) in [5, 5.41) is 9.84. The van der Waals surface area contributed by atoms with Crippen molar-refractivity contribution in [3.05, 3.63) is 0 Å². The smallest absolute Gasteiger partial charge is 1.00 e. The Morgan fingerprint density at radius 2 is 1.48 bits per heavy atom. The predicted octanol–water partition coefficient (Wildman–Crippen LogP) is -2.41. The van der Waals surface area contributed by atoms with Gasteiger partial charge in [-0.1, -0.05) is 7.43 Å². The second kappa shape index (κ2) is 12.7. The number of rotatable bonds is 2. The number of Topliss-reactive ketones (excluding diaryl/α,β-unsaturated/α-hetero) is 1. The number of piperidine rings is 2. The van der Waals surface area contributed by atoms with E-state index in [1.807, 2.05) is 14.1 Å². The standard InChI is InChI=1S/C10H17NO3.C10H15NO3.CH4.B.Na.H/c2*1-11-6-3-4-7(11)9(8(12)5-6)10(13)14-2;;;;/h6-9,12H,3-5H2,1-2H3;6-7,9H,3-5H2,1-2H3;1H4;;;/q;;;;+1;-1/t6-,7?,8?,9?;6-,7?,9?;;;;/m11..../s1. The number of fused-ring (bicyclic) bond motifs is 4. The molecule has 0 aromatic heterocycles. The molecule has 5 unspecified atom stereocenters. The maximum absolute atomic E-state index is 11.7. The molecular formula is C21H37BN2NaO6. The molecule has 1 N–H and O–H groups in total. The summed E-state index contributed by atoms with van der Waals surface area (Å²) in [7, 11) is 6.75. The van der Waals surface area contributed by atoms with Gasteiger partial charge in [-0.2, -0.15) is 0 Å². The second-order valence-electron chi connectivity index (χ2n) is 8.45. The number of hydrogen-bond acceptors (Lipinski definition) is 8. The van der Waals surface area contributed by atoms with Gasteiger partial charge in [0.15, 0.2) is 0 Å². The molecule has 0 aliphatic carbocycles. The number of ketones is 1. The molecule has 4 fully saturated rings. The molecule has 0 aromatic carbocycles. The number of carbonyl (C=O) groups excluding carboxylic acids is 3. The summed E-state index contributed by atoms with van der Waals surface area (Å²) in [6, 6.07) is 1.06. The Balaban J connectivity index is 0. The summed E-state index contributed by atoms with van der Waals surface area (Å²) in [6.45, 7) is 0. The first-order valence-corrected chi connectivity index (χ1v) is 10.1. The molecule has 4 aliphatic heterocycles. The van der Waals surface area contributed by atoms with Gasteiger partial charge >= 0.3 is 41.5 Å². The van der Waals surface area contributed by atoms with E-state index in [2.05, 4.69) is 14.5 Å². The van der Waals surface area contributed by atoms with Gasteiger partial charge in [-0.05, 0) is 46.2 Å². The molecule has 4 saturated heterocycles. The maximum atomic E-state index is 11.7. The fourth-order valence-electron chi connectivity index (χ4n) is 5.57. The first kappa shape index (κ1) is 30.6. The quantitative estimate of drug-likeness (QED) is 0.284. The monoisotopic (exact) mass is 447 g/mol. The number of carbonyl (C=O) groups is 3. The van der Waals surface area contributed by atoms with Crippen LogP contribution in [0.2, 0.25) is 0 Å². The van der Waals surface area contributed by atoms with Gasteiger partial charge in [0, 0.05) is 39.0 Å². The molecule has 31 heavy (non-hydrogen) atoms. The van der Waals surface area contributed by atoms with Gasteiger partial charge in [0.25, 0.3) is 0 Å². The zero-order valence-electron chi connectivity index (χ0n) is 19.7. The average Bonchev–Trinajstić information content (AvgIpc) is 3.05. The Bertz CT molecular complexity index is 645. The van der Waals surface area contributed by atoms with E-state index in [4.69, 9.17) is 4.74 Å². The van der Waals surface area contributed by atoms with E-state index >= 15 is 0 Å². The van der Waals surface area contributed by atoms with E-state index in [1.54, 1.807) is 0 Å². The van der Waals surface area contributed by atoms with Crippen molar-refractivity contribution in [3.63, 3.8) is 0 Å². The molecule has 4 bridgehead atoms. The zero-order valence-corrected chi connectivity index (χ0v) is 20.7. The minimum atomic E-state index is -0.538. The Labute approximate surface area is 211 Å². The van der Waals surface area contributed by atoms with Crippen molar-refractivity contribution in [1.82, 2.24) is 9.80 Å². The van der Waals surface area contributed by atoms with Gasteiger partial charge in [-0.3, -0.25) is 24.2 Å². The van der Waals surface area contributed by atoms with E-state index in [9.17, 15) is 19.5 Å². The Hall–Kier alpha value is -0.445. The molecule has 0 spiro atoms. The van der Waals surface area contributed by atoms with Crippen LogP contribution in [0.1, 0.15) is 47.4 Å². The number of ether oxygens (including phenoxy) is 2. The molecule has 0 aromatic rings. The third kappa shape index (κ3) is 5.92. The molecule has 0 amide bonds. The number of esters is 2. The molecule has 7 atom stereocenters. The maximum Gasteiger partial charge on any atom is 1.00 e. The molecule has 4 aliphatic rings. The summed E-state index contributed by atoms with van der Waals surface area (Å²) in [5.41, 5.74) is 0. The SMILES string of the molecule is C.COC(=O)C1C(=O)C[C@H]2CCC1N2C.COC(=O)C1C(O)C[C@H]2CCC1N2C.[B].[H-].[Na+]. The van der Waals surface area contributed by atoms with Crippen molar-refractivity contribution >= 4 is 26.1 Å². The molecule has 171 valence electrons. The van der Waals surface area contributed by atoms with Gasteiger partial charge in [0.05, 0.1) is 26.2 Å². The Kier molecular flexibility index (Phi) is 12.5. The fourth-order valence-corrected chi connectivity index (χ4v) is 5.57. The summed E-state index contributed by atoms with van der Waals surface area (Å²) >= 11 is 0. The van der Waals surface area contributed by atoms with E-state index in [0.29, 0.717) is 24.9 Å². The zero-order chi connectivity index (χ0) is 20.6. The fraction of sp³-hybridized carbons (Fsp3) is 0.857. The van der Waals surface area contributed by atoms with Crippen LogP contribution in [0.3, 0.4) is 0 Å². The van der Waals surface area contributed by atoms with Crippen molar-refractivity contribution in [3.8, 4) is 0 Å². The van der Waals surface area contributed by atoms with Crippen molar-refractivity contribution in [2.24, 2.45) is 11.8 Å². The van der Waals surface area contributed by atoms with Crippen molar-refractivity contribution < 1.29 is 59.9 Å². The molecule has 0 saturated carbocycles. The van der Waals surface area contributed by atoms with Gasteiger partial charge in [0.1, 0.15) is 11.7 Å². The van der Waals surface area contributed by atoms with Crippen LogP contribution in [0.25, 0.3) is 0 Å². The second-order valence-corrected chi connectivity index (χ2v) is 8.45. The number of aliphatic hydroxyl groups excluding tert-OH is 1. The molecule has 3 radical (unpaired) electrons. The van der Waals surface area contributed by atoms with Gasteiger partial charge in [-0.15, -0.1) is 0 Å².